The molecule has 2 rings (SSSR count). The normalized spacial score (nSPS) is 11.7. The van der Waals surface area contributed by atoms with E-state index in [0.29, 0.717) is 5.69 Å². The van der Waals surface area contributed by atoms with Crippen molar-refractivity contribution in [2.75, 3.05) is 0 Å². The van der Waals surface area contributed by atoms with Gasteiger partial charge in [-0.1, -0.05) is 23.2 Å². The van der Waals surface area contributed by atoms with E-state index in [1.165, 1.54) is 12.3 Å². The van der Waals surface area contributed by atoms with E-state index in [1.807, 2.05) is 0 Å². The Labute approximate surface area is 113 Å². The minimum absolute atomic E-state index is 0.0450. The Morgan fingerprint density at radius 2 is 2.17 bits per heavy atom. The number of hydrogen-bond donors (Lipinski definition) is 2. The van der Waals surface area contributed by atoms with E-state index < -0.39 is 10.0 Å². The third-order valence-corrected chi connectivity index (χ3v) is 4.15. The van der Waals surface area contributed by atoms with Crippen molar-refractivity contribution >= 4 is 33.2 Å². The Bertz CT molecular complexity index is 643. The molecule has 0 unspecified atom stereocenters. The SMILES string of the molecule is O=S(=O)(NCc1ccn[nH]1)c1cnc(Cl)c(Cl)c1. The number of nitrogens with zero attached hydrogens (tertiary/aromatic N) is 2. The Hall–Kier alpha value is -1.15. The maximum Gasteiger partial charge on any atom is 0.242 e. The van der Waals surface area contributed by atoms with Gasteiger partial charge in [0.2, 0.25) is 10.0 Å². The van der Waals surface area contributed by atoms with Crippen LogP contribution in [0.1, 0.15) is 5.69 Å². The van der Waals surface area contributed by atoms with E-state index in [0.717, 1.165) is 6.20 Å². The molecule has 0 aliphatic heterocycles. The van der Waals surface area contributed by atoms with Crippen LogP contribution in [0.5, 0.6) is 0 Å². The first-order valence-corrected chi connectivity index (χ1v) is 7.02. The van der Waals surface area contributed by atoms with Crippen LogP contribution in [-0.2, 0) is 16.6 Å². The second-order valence-electron chi connectivity index (χ2n) is 3.35. The van der Waals surface area contributed by atoms with Crippen LogP contribution in [0.4, 0.5) is 0 Å². The maximum absolute atomic E-state index is 11.9. The van der Waals surface area contributed by atoms with Gasteiger partial charge in [0.05, 0.1) is 17.3 Å². The molecule has 0 bridgehead atoms. The third kappa shape index (κ3) is 2.99. The molecular weight excluding hydrogens is 299 g/mol. The molecule has 0 saturated heterocycles. The van der Waals surface area contributed by atoms with E-state index in [4.69, 9.17) is 23.2 Å². The molecule has 0 atom stereocenters. The minimum Gasteiger partial charge on any atom is -0.281 e. The van der Waals surface area contributed by atoms with Gasteiger partial charge in [-0.15, -0.1) is 0 Å². The van der Waals surface area contributed by atoms with Crippen molar-refractivity contribution in [1.82, 2.24) is 19.9 Å². The van der Waals surface area contributed by atoms with Crippen LogP contribution < -0.4 is 4.72 Å². The second-order valence-corrected chi connectivity index (χ2v) is 5.88. The lowest BCUT2D eigenvalue weighted by Crippen LogP contribution is -2.23. The lowest BCUT2D eigenvalue weighted by Gasteiger charge is -2.05. The third-order valence-electron chi connectivity index (χ3n) is 2.09. The van der Waals surface area contributed by atoms with Gasteiger partial charge in [-0.05, 0) is 12.1 Å². The summed E-state index contributed by atoms with van der Waals surface area (Å²) < 4.78 is 26.2. The number of halogens is 2. The fourth-order valence-corrected chi connectivity index (χ4v) is 2.50. The summed E-state index contributed by atoms with van der Waals surface area (Å²) in [7, 11) is -3.68. The molecule has 0 amide bonds. The predicted octanol–water partition coefficient (Wildman–Crippen LogP) is 1.59. The molecule has 18 heavy (non-hydrogen) atoms. The van der Waals surface area contributed by atoms with Crippen molar-refractivity contribution in [3.63, 3.8) is 0 Å². The lowest BCUT2D eigenvalue weighted by atomic mass is 10.4. The molecule has 0 fully saturated rings. The number of hydrogen-bond acceptors (Lipinski definition) is 4. The van der Waals surface area contributed by atoms with Crippen LogP contribution in [0.3, 0.4) is 0 Å². The van der Waals surface area contributed by atoms with Crippen LogP contribution in [-0.4, -0.2) is 23.6 Å². The van der Waals surface area contributed by atoms with Crippen LogP contribution in [0.2, 0.25) is 10.2 Å². The van der Waals surface area contributed by atoms with Crippen molar-refractivity contribution in [2.45, 2.75) is 11.4 Å². The van der Waals surface area contributed by atoms with Crippen molar-refractivity contribution in [1.29, 1.82) is 0 Å². The number of aromatic amines is 1. The number of sulfonamides is 1. The topological polar surface area (TPSA) is 87.7 Å². The molecular formula is C9H8Cl2N4O2S. The molecule has 2 aromatic rings. The highest BCUT2D eigenvalue weighted by Crippen LogP contribution is 2.22. The summed E-state index contributed by atoms with van der Waals surface area (Å²) in [5, 5.41) is 6.50. The Balaban J connectivity index is 2.17. The van der Waals surface area contributed by atoms with Crippen molar-refractivity contribution in [3.8, 4) is 0 Å². The lowest BCUT2D eigenvalue weighted by molar-refractivity contribution is 0.580. The molecule has 0 spiro atoms. The van der Waals surface area contributed by atoms with Gasteiger partial charge in [-0.2, -0.15) is 5.10 Å². The summed E-state index contributed by atoms with van der Waals surface area (Å²) >= 11 is 11.3. The number of rotatable bonds is 4. The molecule has 0 aromatic carbocycles. The van der Waals surface area contributed by atoms with Gasteiger partial charge in [-0.3, -0.25) is 5.10 Å². The standard InChI is InChI=1S/C9H8Cl2N4O2S/c10-8-3-7(5-12-9(8)11)18(16,17)14-4-6-1-2-13-15-6/h1-3,5,14H,4H2,(H,13,15). The first kappa shape index (κ1) is 13.3. The number of H-pyrrole nitrogens is 1. The van der Waals surface area contributed by atoms with Gasteiger partial charge in [0.15, 0.2) is 0 Å². The van der Waals surface area contributed by atoms with E-state index in [2.05, 4.69) is 19.9 Å². The number of pyridine rings is 1. The average molecular weight is 307 g/mol. The van der Waals surface area contributed by atoms with Gasteiger partial charge >= 0.3 is 0 Å². The summed E-state index contributed by atoms with van der Waals surface area (Å²) in [5.74, 6) is 0. The Morgan fingerprint density at radius 1 is 1.39 bits per heavy atom. The molecule has 2 heterocycles. The van der Waals surface area contributed by atoms with Gasteiger partial charge in [0.1, 0.15) is 10.0 Å². The Kier molecular flexibility index (Phi) is 3.86. The number of nitrogens with one attached hydrogen (secondary N) is 2. The molecule has 2 N–H and O–H groups in total. The van der Waals surface area contributed by atoms with Crippen LogP contribution in [0.25, 0.3) is 0 Å². The highest BCUT2D eigenvalue weighted by Gasteiger charge is 2.16. The number of aromatic nitrogens is 3. The van der Waals surface area contributed by atoms with E-state index in [9.17, 15) is 8.42 Å². The monoisotopic (exact) mass is 306 g/mol. The molecule has 96 valence electrons. The van der Waals surface area contributed by atoms with E-state index in [-0.39, 0.29) is 21.6 Å². The van der Waals surface area contributed by atoms with Gasteiger partial charge in [0.25, 0.3) is 0 Å². The zero-order valence-electron chi connectivity index (χ0n) is 8.89. The fraction of sp³-hybridized carbons (Fsp3) is 0.111. The minimum atomic E-state index is -3.68. The zero-order valence-corrected chi connectivity index (χ0v) is 11.2. The molecule has 0 saturated carbocycles. The van der Waals surface area contributed by atoms with Crippen molar-refractivity contribution in [3.05, 3.63) is 40.4 Å². The maximum atomic E-state index is 11.9. The Morgan fingerprint density at radius 3 is 2.78 bits per heavy atom. The summed E-state index contributed by atoms with van der Waals surface area (Å²) in [4.78, 5) is 3.64. The van der Waals surface area contributed by atoms with Crippen molar-refractivity contribution in [2.24, 2.45) is 0 Å². The first-order valence-electron chi connectivity index (χ1n) is 4.78. The predicted molar refractivity (Wildman–Crippen MR) is 66.9 cm³/mol. The molecule has 0 aliphatic carbocycles. The summed E-state index contributed by atoms with van der Waals surface area (Å²) in [6, 6.07) is 2.90. The summed E-state index contributed by atoms with van der Waals surface area (Å²) in [5.41, 5.74) is 0.645. The van der Waals surface area contributed by atoms with Gasteiger partial charge < -0.3 is 0 Å². The van der Waals surface area contributed by atoms with E-state index >= 15 is 0 Å². The summed E-state index contributed by atoms with van der Waals surface area (Å²) in [6.45, 7) is 0.0998. The highest BCUT2D eigenvalue weighted by molar-refractivity contribution is 7.89. The quantitative estimate of drug-likeness (QED) is 0.840. The summed E-state index contributed by atoms with van der Waals surface area (Å²) in [6.07, 6.45) is 2.67. The van der Waals surface area contributed by atoms with Crippen molar-refractivity contribution < 1.29 is 8.42 Å². The molecule has 0 radical (unpaired) electrons. The molecule has 6 nitrogen and oxygen atoms in total. The molecule has 0 aliphatic rings. The zero-order chi connectivity index (χ0) is 13.2. The molecule has 2 aromatic heterocycles. The van der Waals surface area contributed by atoms with Crippen LogP contribution in [0.15, 0.2) is 29.4 Å². The highest BCUT2D eigenvalue weighted by atomic mass is 35.5. The van der Waals surface area contributed by atoms with Gasteiger partial charge in [0, 0.05) is 12.4 Å². The van der Waals surface area contributed by atoms with E-state index in [1.54, 1.807) is 6.07 Å². The second kappa shape index (κ2) is 5.23. The fourth-order valence-electron chi connectivity index (χ4n) is 1.19. The smallest absolute Gasteiger partial charge is 0.242 e. The van der Waals surface area contributed by atoms with Crippen LogP contribution >= 0.6 is 23.2 Å². The average Bonchev–Trinajstić information content (AvgIpc) is 2.83. The largest absolute Gasteiger partial charge is 0.281 e. The molecule has 9 heteroatoms. The first-order chi connectivity index (χ1) is 8.49. The van der Waals surface area contributed by atoms with Gasteiger partial charge in [-0.25, -0.2) is 18.1 Å². The van der Waals surface area contributed by atoms with Crippen LogP contribution in [0, 0.1) is 0 Å².